The fourth-order valence-corrected chi connectivity index (χ4v) is 1.68. The monoisotopic (exact) mass is 192 g/mol. The lowest BCUT2D eigenvalue weighted by Crippen LogP contribution is -2.04. The van der Waals surface area contributed by atoms with E-state index < -0.39 is 0 Å². The Morgan fingerprint density at radius 1 is 1.43 bits per heavy atom. The van der Waals surface area contributed by atoms with Gasteiger partial charge in [-0.1, -0.05) is 0 Å². The minimum Gasteiger partial charge on any atom is -0.351 e. The molecule has 0 amide bonds. The van der Waals surface area contributed by atoms with E-state index in [-0.39, 0.29) is 5.82 Å². The molecule has 0 aliphatic rings. The number of hydrogen-bond acceptors (Lipinski definition) is 1. The van der Waals surface area contributed by atoms with Crippen molar-refractivity contribution in [2.24, 2.45) is 12.8 Å². The molecular weight excluding hydrogens is 179 g/mol. The van der Waals surface area contributed by atoms with Gasteiger partial charge in [-0.15, -0.1) is 0 Å². The molecular formula is C11H13FN2. The molecule has 0 atom stereocenters. The van der Waals surface area contributed by atoms with Crippen molar-refractivity contribution in [1.29, 1.82) is 0 Å². The van der Waals surface area contributed by atoms with E-state index in [2.05, 4.69) is 0 Å². The Labute approximate surface area is 82.1 Å². The van der Waals surface area contributed by atoms with E-state index >= 15 is 0 Å². The molecule has 0 aliphatic heterocycles. The summed E-state index contributed by atoms with van der Waals surface area (Å²) in [5, 5.41) is 0.936. The Balaban J connectivity index is 2.61. The lowest BCUT2D eigenvalue weighted by atomic mass is 10.1. The maximum absolute atomic E-state index is 13.5. The zero-order chi connectivity index (χ0) is 10.1. The van der Waals surface area contributed by atoms with Gasteiger partial charge in [0.1, 0.15) is 5.82 Å². The number of rotatable bonds is 2. The molecule has 74 valence electrons. The van der Waals surface area contributed by atoms with Crippen molar-refractivity contribution in [3.8, 4) is 0 Å². The molecule has 1 aromatic carbocycles. The predicted octanol–water partition coefficient (Wildman–Crippen LogP) is 1.82. The summed E-state index contributed by atoms with van der Waals surface area (Å²) in [6.45, 7) is 0.479. The van der Waals surface area contributed by atoms with Crippen LogP contribution in [0.4, 0.5) is 4.39 Å². The maximum atomic E-state index is 13.5. The molecule has 2 nitrogen and oxygen atoms in total. The van der Waals surface area contributed by atoms with Crippen molar-refractivity contribution in [1.82, 2.24) is 4.57 Å². The summed E-state index contributed by atoms with van der Waals surface area (Å²) in [7, 11) is 1.95. The zero-order valence-corrected chi connectivity index (χ0v) is 8.13. The molecule has 0 unspecified atom stereocenters. The van der Waals surface area contributed by atoms with Crippen LogP contribution in [0.15, 0.2) is 24.4 Å². The molecule has 1 heterocycles. The van der Waals surface area contributed by atoms with E-state index in [1.54, 1.807) is 6.07 Å². The number of aryl methyl sites for hydroxylation is 1. The number of aromatic nitrogens is 1. The Morgan fingerprint density at radius 3 is 2.93 bits per heavy atom. The quantitative estimate of drug-likeness (QED) is 0.773. The van der Waals surface area contributed by atoms with Crippen LogP contribution in [0.2, 0.25) is 0 Å². The van der Waals surface area contributed by atoms with E-state index in [1.165, 1.54) is 0 Å². The van der Waals surface area contributed by atoms with Crippen LogP contribution in [0.1, 0.15) is 5.56 Å². The first-order chi connectivity index (χ1) is 6.72. The van der Waals surface area contributed by atoms with Gasteiger partial charge >= 0.3 is 0 Å². The standard InChI is InChI=1S/C11H13FN2/c1-14-5-3-9-6-10(12)8(2-4-13)7-11(9)14/h3,5-7H,2,4,13H2,1H3. The van der Waals surface area contributed by atoms with Gasteiger partial charge in [-0.05, 0) is 36.7 Å². The highest BCUT2D eigenvalue weighted by Crippen LogP contribution is 2.19. The number of fused-ring (bicyclic) bond motifs is 1. The Kier molecular flexibility index (Phi) is 2.25. The average Bonchev–Trinajstić information content (AvgIpc) is 2.49. The van der Waals surface area contributed by atoms with Crippen LogP contribution in [-0.2, 0) is 13.5 Å². The lowest BCUT2D eigenvalue weighted by molar-refractivity contribution is 0.611. The zero-order valence-electron chi connectivity index (χ0n) is 8.13. The van der Waals surface area contributed by atoms with E-state index in [0.29, 0.717) is 18.5 Å². The third kappa shape index (κ3) is 1.40. The number of nitrogens with two attached hydrogens (primary N) is 1. The van der Waals surface area contributed by atoms with E-state index in [0.717, 1.165) is 10.9 Å². The van der Waals surface area contributed by atoms with Crippen molar-refractivity contribution < 1.29 is 4.39 Å². The van der Waals surface area contributed by atoms with E-state index in [9.17, 15) is 4.39 Å². The number of halogens is 1. The molecule has 2 aromatic rings. The molecule has 0 aliphatic carbocycles. The minimum absolute atomic E-state index is 0.158. The highest BCUT2D eigenvalue weighted by molar-refractivity contribution is 5.80. The largest absolute Gasteiger partial charge is 0.351 e. The van der Waals surface area contributed by atoms with E-state index in [1.807, 2.05) is 29.9 Å². The SMILES string of the molecule is Cn1ccc2cc(F)c(CCN)cc21. The first-order valence-corrected chi connectivity index (χ1v) is 4.66. The molecule has 0 fully saturated rings. The molecule has 0 radical (unpaired) electrons. The maximum Gasteiger partial charge on any atom is 0.127 e. The van der Waals surface area contributed by atoms with E-state index in [4.69, 9.17) is 5.73 Å². The van der Waals surface area contributed by atoms with Crippen molar-refractivity contribution in [3.63, 3.8) is 0 Å². The van der Waals surface area contributed by atoms with Crippen LogP contribution in [0.25, 0.3) is 10.9 Å². The fraction of sp³-hybridized carbons (Fsp3) is 0.273. The van der Waals surface area contributed by atoms with Crippen LogP contribution in [-0.4, -0.2) is 11.1 Å². The second-order valence-electron chi connectivity index (χ2n) is 3.47. The van der Waals surface area contributed by atoms with Crippen LogP contribution in [0.3, 0.4) is 0 Å². The summed E-state index contributed by atoms with van der Waals surface area (Å²) in [6.07, 6.45) is 2.52. The third-order valence-corrected chi connectivity index (χ3v) is 2.47. The summed E-state index contributed by atoms with van der Waals surface area (Å²) in [4.78, 5) is 0. The number of benzene rings is 1. The van der Waals surface area contributed by atoms with Gasteiger partial charge in [0.15, 0.2) is 0 Å². The molecule has 0 saturated carbocycles. The molecule has 0 spiro atoms. The first-order valence-electron chi connectivity index (χ1n) is 4.66. The van der Waals surface area contributed by atoms with Crippen LogP contribution >= 0.6 is 0 Å². The molecule has 14 heavy (non-hydrogen) atoms. The predicted molar refractivity (Wildman–Crippen MR) is 55.6 cm³/mol. The van der Waals surface area contributed by atoms with Gasteiger partial charge in [0.05, 0.1) is 0 Å². The van der Waals surface area contributed by atoms with Crippen molar-refractivity contribution >= 4 is 10.9 Å². The molecule has 0 saturated heterocycles. The van der Waals surface area contributed by atoms with Crippen LogP contribution < -0.4 is 5.73 Å². The normalized spacial score (nSPS) is 11.1. The minimum atomic E-state index is -0.158. The summed E-state index contributed by atoms with van der Waals surface area (Å²) >= 11 is 0. The summed E-state index contributed by atoms with van der Waals surface area (Å²) in [5.41, 5.74) is 7.16. The lowest BCUT2D eigenvalue weighted by Gasteiger charge is -2.03. The summed E-state index contributed by atoms with van der Waals surface area (Å²) < 4.78 is 15.4. The molecule has 3 heteroatoms. The molecule has 2 rings (SSSR count). The van der Waals surface area contributed by atoms with Crippen molar-refractivity contribution in [2.45, 2.75) is 6.42 Å². The number of nitrogens with zero attached hydrogens (tertiary/aromatic N) is 1. The second kappa shape index (κ2) is 3.42. The number of hydrogen-bond donors (Lipinski definition) is 1. The smallest absolute Gasteiger partial charge is 0.127 e. The van der Waals surface area contributed by atoms with Crippen LogP contribution in [0.5, 0.6) is 0 Å². The van der Waals surface area contributed by atoms with Gasteiger partial charge in [-0.2, -0.15) is 0 Å². The van der Waals surface area contributed by atoms with Gasteiger partial charge in [0, 0.05) is 24.1 Å². The second-order valence-corrected chi connectivity index (χ2v) is 3.47. The average molecular weight is 192 g/mol. The van der Waals surface area contributed by atoms with Gasteiger partial charge < -0.3 is 10.3 Å². The third-order valence-electron chi connectivity index (χ3n) is 2.47. The fourth-order valence-electron chi connectivity index (χ4n) is 1.68. The Hall–Kier alpha value is -1.35. The van der Waals surface area contributed by atoms with Crippen LogP contribution in [0, 0.1) is 5.82 Å². The van der Waals surface area contributed by atoms with Crippen molar-refractivity contribution in [3.05, 3.63) is 35.8 Å². The highest BCUT2D eigenvalue weighted by atomic mass is 19.1. The van der Waals surface area contributed by atoms with Crippen molar-refractivity contribution in [2.75, 3.05) is 6.54 Å². The first kappa shape index (κ1) is 9.21. The topological polar surface area (TPSA) is 30.9 Å². The van der Waals surface area contributed by atoms with Gasteiger partial charge in [0.2, 0.25) is 0 Å². The Morgan fingerprint density at radius 2 is 2.21 bits per heavy atom. The highest BCUT2D eigenvalue weighted by Gasteiger charge is 2.05. The summed E-state index contributed by atoms with van der Waals surface area (Å²) in [6, 6.07) is 5.35. The van der Waals surface area contributed by atoms with Gasteiger partial charge in [0.25, 0.3) is 0 Å². The van der Waals surface area contributed by atoms with Gasteiger partial charge in [-0.25, -0.2) is 4.39 Å². The molecule has 1 aromatic heterocycles. The Bertz CT molecular complexity index is 460. The summed E-state index contributed by atoms with van der Waals surface area (Å²) in [5.74, 6) is -0.158. The molecule has 0 bridgehead atoms. The van der Waals surface area contributed by atoms with Gasteiger partial charge in [-0.3, -0.25) is 0 Å². The molecule has 2 N–H and O–H groups in total.